The lowest BCUT2D eigenvalue weighted by atomic mass is 9.88. The van der Waals surface area contributed by atoms with E-state index in [2.05, 4.69) is 6.58 Å². The molecule has 1 aliphatic rings. The van der Waals surface area contributed by atoms with Gasteiger partial charge in [0.05, 0.1) is 16.9 Å². The van der Waals surface area contributed by atoms with Gasteiger partial charge in [0.15, 0.2) is 5.12 Å². The fraction of sp³-hybridized carbons (Fsp3) is 0.318. The Morgan fingerprint density at radius 2 is 1.82 bits per heavy atom. The van der Waals surface area contributed by atoms with Gasteiger partial charge in [-0.05, 0) is 30.4 Å². The van der Waals surface area contributed by atoms with Gasteiger partial charge >= 0.3 is 0 Å². The summed E-state index contributed by atoms with van der Waals surface area (Å²) in [7, 11) is -3.75. The van der Waals surface area contributed by atoms with Crippen LogP contribution in [0.3, 0.4) is 0 Å². The summed E-state index contributed by atoms with van der Waals surface area (Å²) in [6, 6.07) is 15.9. The van der Waals surface area contributed by atoms with Crippen LogP contribution in [0, 0.1) is 18.8 Å². The minimum Gasteiger partial charge on any atom is -0.287 e. The number of carbonyl (C=O) groups is 1. The largest absolute Gasteiger partial charge is 0.287 e. The van der Waals surface area contributed by atoms with Crippen molar-refractivity contribution >= 4 is 26.9 Å². The van der Waals surface area contributed by atoms with E-state index >= 15 is 0 Å². The SMILES string of the molecule is C=C[C@@H]1[C@@H](c2ccccc2)N(S(=O)(=O)c2ccc(C)cc2)C[C@H]1C(=O)SCC. The molecule has 1 heterocycles. The molecule has 0 aromatic heterocycles. The van der Waals surface area contributed by atoms with E-state index in [9.17, 15) is 13.2 Å². The Hall–Kier alpha value is -1.89. The van der Waals surface area contributed by atoms with Gasteiger partial charge in [-0.25, -0.2) is 8.42 Å². The summed E-state index contributed by atoms with van der Waals surface area (Å²) in [6.07, 6.45) is 1.74. The van der Waals surface area contributed by atoms with Gasteiger partial charge in [-0.15, -0.1) is 6.58 Å². The van der Waals surface area contributed by atoms with Crippen molar-refractivity contribution in [2.75, 3.05) is 12.3 Å². The van der Waals surface area contributed by atoms with Crippen molar-refractivity contribution in [1.82, 2.24) is 4.31 Å². The molecule has 3 rings (SSSR count). The van der Waals surface area contributed by atoms with Crippen molar-refractivity contribution in [3.05, 3.63) is 78.4 Å². The summed E-state index contributed by atoms with van der Waals surface area (Å²) < 4.78 is 28.5. The van der Waals surface area contributed by atoms with Crippen molar-refractivity contribution in [2.24, 2.45) is 11.8 Å². The minimum atomic E-state index is -3.75. The Morgan fingerprint density at radius 1 is 1.18 bits per heavy atom. The molecule has 0 aliphatic carbocycles. The second-order valence-corrected chi connectivity index (χ2v) is 10.1. The fourth-order valence-electron chi connectivity index (χ4n) is 3.75. The molecule has 4 nitrogen and oxygen atoms in total. The number of aryl methyl sites for hydroxylation is 1. The first-order chi connectivity index (χ1) is 13.4. The first kappa shape index (κ1) is 20.8. The second-order valence-electron chi connectivity index (χ2n) is 6.91. The molecule has 6 heteroatoms. The van der Waals surface area contributed by atoms with Gasteiger partial charge in [0, 0.05) is 12.5 Å². The molecule has 0 unspecified atom stereocenters. The molecule has 0 bridgehead atoms. The highest BCUT2D eigenvalue weighted by atomic mass is 32.2. The number of hydrogen-bond donors (Lipinski definition) is 0. The Labute approximate surface area is 171 Å². The highest BCUT2D eigenvalue weighted by Gasteiger charge is 2.49. The number of rotatable bonds is 6. The van der Waals surface area contributed by atoms with E-state index in [4.69, 9.17) is 0 Å². The lowest BCUT2D eigenvalue weighted by Crippen LogP contribution is -2.32. The molecule has 0 N–H and O–H groups in total. The molecule has 2 aromatic carbocycles. The lowest BCUT2D eigenvalue weighted by Gasteiger charge is -2.27. The van der Waals surface area contributed by atoms with Crippen LogP contribution in [0.4, 0.5) is 0 Å². The van der Waals surface area contributed by atoms with Crippen LogP contribution in [0.1, 0.15) is 24.1 Å². The molecule has 2 aromatic rings. The molecule has 1 fully saturated rings. The van der Waals surface area contributed by atoms with Gasteiger partial charge in [-0.2, -0.15) is 4.31 Å². The molecule has 0 amide bonds. The Morgan fingerprint density at radius 3 is 2.39 bits per heavy atom. The van der Waals surface area contributed by atoms with E-state index in [1.54, 1.807) is 30.3 Å². The zero-order chi connectivity index (χ0) is 20.3. The van der Waals surface area contributed by atoms with Crippen molar-refractivity contribution in [3.63, 3.8) is 0 Å². The van der Waals surface area contributed by atoms with Gasteiger partial charge in [0.2, 0.25) is 10.0 Å². The maximum atomic E-state index is 13.5. The summed E-state index contributed by atoms with van der Waals surface area (Å²) in [4.78, 5) is 13.0. The average Bonchev–Trinajstić information content (AvgIpc) is 3.10. The molecule has 1 saturated heterocycles. The average molecular weight is 416 g/mol. The van der Waals surface area contributed by atoms with Gasteiger partial charge in [-0.1, -0.05) is 72.8 Å². The van der Waals surface area contributed by atoms with Crippen molar-refractivity contribution in [3.8, 4) is 0 Å². The highest BCUT2D eigenvalue weighted by molar-refractivity contribution is 8.13. The van der Waals surface area contributed by atoms with Crippen molar-refractivity contribution in [1.29, 1.82) is 0 Å². The number of thioether (sulfide) groups is 1. The van der Waals surface area contributed by atoms with E-state index < -0.39 is 22.0 Å². The Balaban J connectivity index is 2.09. The van der Waals surface area contributed by atoms with Gasteiger partial charge < -0.3 is 0 Å². The quantitative estimate of drug-likeness (QED) is 0.655. The maximum absolute atomic E-state index is 13.5. The van der Waals surface area contributed by atoms with Gasteiger partial charge in [0.25, 0.3) is 0 Å². The van der Waals surface area contributed by atoms with Crippen LogP contribution in [0.15, 0.2) is 72.1 Å². The van der Waals surface area contributed by atoms with E-state index in [1.165, 1.54) is 16.1 Å². The molecule has 0 spiro atoms. The van der Waals surface area contributed by atoms with Crippen LogP contribution < -0.4 is 0 Å². The molecule has 0 saturated carbocycles. The Kier molecular flexibility index (Phi) is 6.43. The second kappa shape index (κ2) is 8.64. The number of benzene rings is 2. The molecule has 148 valence electrons. The predicted octanol–water partition coefficient (Wildman–Crippen LogP) is 4.44. The smallest absolute Gasteiger partial charge is 0.243 e. The third-order valence-corrected chi connectivity index (χ3v) is 7.88. The van der Waals surface area contributed by atoms with E-state index in [-0.39, 0.29) is 22.5 Å². The van der Waals surface area contributed by atoms with E-state index in [0.717, 1.165) is 11.1 Å². The molecule has 3 atom stereocenters. The van der Waals surface area contributed by atoms with Crippen LogP contribution >= 0.6 is 11.8 Å². The fourth-order valence-corrected chi connectivity index (χ4v) is 6.15. The first-order valence-electron chi connectivity index (χ1n) is 9.32. The Bertz CT molecular complexity index is 940. The summed E-state index contributed by atoms with van der Waals surface area (Å²) in [5.74, 6) is -0.0121. The van der Waals surface area contributed by atoms with E-state index in [1.807, 2.05) is 44.2 Å². The topological polar surface area (TPSA) is 54.5 Å². The summed E-state index contributed by atoms with van der Waals surface area (Å²) in [5, 5.41) is 0.0231. The van der Waals surface area contributed by atoms with E-state index in [0.29, 0.717) is 5.75 Å². The normalized spacial score (nSPS) is 22.9. The van der Waals surface area contributed by atoms with Crippen LogP contribution in [0.2, 0.25) is 0 Å². The van der Waals surface area contributed by atoms with Gasteiger partial charge in [0.1, 0.15) is 0 Å². The highest BCUT2D eigenvalue weighted by Crippen LogP contribution is 2.45. The number of carbonyl (C=O) groups excluding carboxylic acids is 1. The molecular formula is C22H25NO3S2. The maximum Gasteiger partial charge on any atom is 0.243 e. The minimum absolute atomic E-state index is 0.0231. The molecule has 0 radical (unpaired) electrons. The van der Waals surface area contributed by atoms with Crippen molar-refractivity contribution in [2.45, 2.75) is 24.8 Å². The summed E-state index contributed by atoms with van der Waals surface area (Å²) in [5.41, 5.74) is 1.87. The van der Waals surface area contributed by atoms with Gasteiger partial charge in [-0.3, -0.25) is 4.79 Å². The number of nitrogens with zero attached hydrogens (tertiary/aromatic N) is 1. The van der Waals surface area contributed by atoms with Crippen molar-refractivity contribution < 1.29 is 13.2 Å². The summed E-state index contributed by atoms with van der Waals surface area (Å²) in [6.45, 7) is 7.94. The standard InChI is InChI=1S/C22H25NO3S2/c1-4-19-20(22(24)27-5-2)15-23(21(19)17-9-7-6-8-10-17)28(25,26)18-13-11-16(3)12-14-18/h4,6-14,19-21H,1,5,15H2,2-3H3/t19-,20+,21+/m0/s1. The number of hydrogen-bond acceptors (Lipinski definition) is 4. The third kappa shape index (κ3) is 3.95. The third-order valence-electron chi connectivity index (χ3n) is 5.15. The van der Waals surface area contributed by atoms with Crippen LogP contribution in [-0.2, 0) is 14.8 Å². The first-order valence-corrected chi connectivity index (χ1v) is 11.8. The zero-order valence-corrected chi connectivity index (χ0v) is 17.7. The zero-order valence-electron chi connectivity index (χ0n) is 16.1. The van der Waals surface area contributed by atoms with Crippen LogP contribution in [0.5, 0.6) is 0 Å². The molecule has 28 heavy (non-hydrogen) atoms. The summed E-state index contributed by atoms with van der Waals surface area (Å²) >= 11 is 1.25. The number of sulfonamides is 1. The monoisotopic (exact) mass is 415 g/mol. The molecule has 1 aliphatic heterocycles. The predicted molar refractivity (Wildman–Crippen MR) is 115 cm³/mol. The lowest BCUT2D eigenvalue weighted by molar-refractivity contribution is -0.114. The van der Waals surface area contributed by atoms with Crippen LogP contribution in [0.25, 0.3) is 0 Å². The molecular weight excluding hydrogens is 390 g/mol. The van der Waals surface area contributed by atoms with Crippen LogP contribution in [-0.4, -0.2) is 30.1 Å².